The van der Waals surface area contributed by atoms with E-state index in [1.54, 1.807) is 0 Å². The number of hydrogen-bond donors (Lipinski definition) is 0. The van der Waals surface area contributed by atoms with Crippen molar-refractivity contribution in [2.45, 2.75) is 60.7 Å². The predicted molar refractivity (Wildman–Crippen MR) is 142 cm³/mol. The highest BCUT2D eigenvalue weighted by Gasteiger charge is 2.26. The van der Waals surface area contributed by atoms with Gasteiger partial charge < -0.3 is 4.74 Å². The molecule has 0 aliphatic carbocycles. The number of nitrogens with zero attached hydrogens (tertiary/aromatic N) is 1. The lowest BCUT2D eigenvalue weighted by Crippen LogP contribution is -2.49. The lowest BCUT2D eigenvalue weighted by Gasteiger charge is -2.26. The summed E-state index contributed by atoms with van der Waals surface area (Å²) in [5, 5.41) is 1.51. The Hall–Kier alpha value is -2.28. The van der Waals surface area contributed by atoms with Gasteiger partial charge in [-0.25, -0.2) is 0 Å². The molecule has 172 valence electrons. The molecule has 2 aromatic carbocycles. The van der Waals surface area contributed by atoms with Crippen molar-refractivity contribution < 1.29 is 4.74 Å². The summed E-state index contributed by atoms with van der Waals surface area (Å²) < 4.78 is 6.34. The number of aryl methyl sites for hydroxylation is 1. The fraction of sp³-hybridized carbons (Fsp3) is 0.448. The molecule has 0 aromatic heterocycles. The lowest BCUT2D eigenvalue weighted by atomic mass is 9.98. The standard InChI is InChI=1S/C29H41NOSi/c1-8-26-17-11-12-19-28(26)32(6,7)24-31-27-18-15-16-25(22-27)23-30(9-2)21-14-10-13-20-29(3,4)5/h10-12,14-19,22H,8-9,21,23-24H2,1-7H3/b14-10+. The van der Waals surface area contributed by atoms with E-state index < -0.39 is 8.07 Å². The third kappa shape index (κ3) is 8.69. The second kappa shape index (κ2) is 12.1. The molecule has 2 aromatic rings. The second-order valence-electron chi connectivity index (χ2n) is 10.1. The van der Waals surface area contributed by atoms with Crippen molar-refractivity contribution in [3.8, 4) is 17.6 Å². The Morgan fingerprint density at radius 2 is 1.78 bits per heavy atom. The Labute approximate surface area is 197 Å². The quantitative estimate of drug-likeness (QED) is 0.317. The molecule has 0 unspecified atom stereocenters. The minimum absolute atomic E-state index is 0.0469. The molecule has 0 heterocycles. The van der Waals surface area contributed by atoms with Gasteiger partial charge in [-0.15, -0.1) is 0 Å². The fourth-order valence-electron chi connectivity index (χ4n) is 3.65. The molecule has 2 rings (SSSR count). The summed E-state index contributed by atoms with van der Waals surface area (Å²) in [4.78, 5) is 2.41. The summed E-state index contributed by atoms with van der Waals surface area (Å²) in [7, 11) is -1.68. The Morgan fingerprint density at radius 1 is 1.03 bits per heavy atom. The molecule has 32 heavy (non-hydrogen) atoms. The molecule has 0 saturated carbocycles. The number of ether oxygens (including phenoxy) is 1. The van der Waals surface area contributed by atoms with Crippen molar-refractivity contribution in [2.24, 2.45) is 5.41 Å². The molecule has 0 radical (unpaired) electrons. The molecule has 0 amide bonds. The van der Waals surface area contributed by atoms with Gasteiger partial charge in [-0.3, -0.25) is 4.90 Å². The summed E-state index contributed by atoms with van der Waals surface area (Å²) in [5.41, 5.74) is 2.79. The van der Waals surface area contributed by atoms with Crippen LogP contribution in [0.1, 0.15) is 45.7 Å². The van der Waals surface area contributed by atoms with Gasteiger partial charge in [-0.2, -0.15) is 0 Å². The third-order valence-corrected chi connectivity index (χ3v) is 8.30. The van der Waals surface area contributed by atoms with E-state index >= 15 is 0 Å². The molecule has 0 fully saturated rings. The van der Waals surface area contributed by atoms with Crippen molar-refractivity contribution in [1.29, 1.82) is 0 Å². The molecule has 0 spiro atoms. The SMILES string of the molecule is CCc1ccccc1[Si](C)(C)COc1cccc(CN(CC)C/C=C/C#CC(C)(C)C)c1. The van der Waals surface area contributed by atoms with E-state index in [0.29, 0.717) is 0 Å². The minimum atomic E-state index is -1.68. The summed E-state index contributed by atoms with van der Waals surface area (Å²) in [6.45, 7) is 18.4. The van der Waals surface area contributed by atoms with Crippen LogP contribution in [0.15, 0.2) is 60.7 Å². The number of likely N-dealkylation sites (N-methyl/N-ethyl adjacent to an activating group) is 1. The van der Waals surface area contributed by atoms with E-state index in [-0.39, 0.29) is 5.41 Å². The van der Waals surface area contributed by atoms with Gasteiger partial charge in [0.25, 0.3) is 0 Å². The largest absolute Gasteiger partial charge is 0.497 e. The van der Waals surface area contributed by atoms with Gasteiger partial charge in [0.1, 0.15) is 13.8 Å². The van der Waals surface area contributed by atoms with E-state index in [2.05, 4.69) is 119 Å². The predicted octanol–water partition coefficient (Wildman–Crippen LogP) is 6.21. The molecule has 0 atom stereocenters. The first kappa shape index (κ1) is 26.0. The maximum atomic E-state index is 6.34. The van der Waals surface area contributed by atoms with Crippen LogP contribution < -0.4 is 9.92 Å². The van der Waals surface area contributed by atoms with E-state index in [1.165, 1.54) is 16.3 Å². The van der Waals surface area contributed by atoms with Crippen LogP contribution in [-0.4, -0.2) is 32.3 Å². The highest BCUT2D eigenvalue weighted by Crippen LogP contribution is 2.17. The Balaban J connectivity index is 1.98. The zero-order chi connectivity index (χ0) is 23.6. The maximum Gasteiger partial charge on any atom is 0.124 e. The zero-order valence-corrected chi connectivity index (χ0v) is 22.2. The summed E-state index contributed by atoms with van der Waals surface area (Å²) >= 11 is 0. The van der Waals surface area contributed by atoms with Crippen molar-refractivity contribution in [1.82, 2.24) is 4.90 Å². The summed E-state index contributed by atoms with van der Waals surface area (Å²) in [5.74, 6) is 7.38. The number of rotatable bonds is 10. The second-order valence-corrected chi connectivity index (χ2v) is 14.7. The van der Waals surface area contributed by atoms with Gasteiger partial charge in [-0.1, -0.05) is 86.4 Å². The van der Waals surface area contributed by atoms with E-state index in [1.807, 2.05) is 6.08 Å². The average molecular weight is 448 g/mol. The first-order valence-corrected chi connectivity index (χ1v) is 15.1. The first-order chi connectivity index (χ1) is 15.1. The van der Waals surface area contributed by atoms with Crippen molar-refractivity contribution in [3.63, 3.8) is 0 Å². The van der Waals surface area contributed by atoms with Gasteiger partial charge >= 0.3 is 0 Å². The zero-order valence-electron chi connectivity index (χ0n) is 21.2. The number of benzene rings is 2. The number of hydrogen-bond acceptors (Lipinski definition) is 2. The summed E-state index contributed by atoms with van der Waals surface area (Å²) in [6.07, 6.45) is 6.00. The van der Waals surface area contributed by atoms with Crippen LogP contribution >= 0.6 is 0 Å². The van der Waals surface area contributed by atoms with Crippen LogP contribution in [0.4, 0.5) is 0 Å². The van der Waals surface area contributed by atoms with E-state index in [0.717, 1.165) is 38.0 Å². The van der Waals surface area contributed by atoms with Crippen LogP contribution in [-0.2, 0) is 13.0 Å². The average Bonchev–Trinajstić information content (AvgIpc) is 2.76. The minimum Gasteiger partial charge on any atom is -0.497 e. The Kier molecular flexibility index (Phi) is 9.81. The maximum absolute atomic E-state index is 6.34. The monoisotopic (exact) mass is 447 g/mol. The fourth-order valence-corrected chi connectivity index (χ4v) is 6.01. The van der Waals surface area contributed by atoms with Gasteiger partial charge in [0, 0.05) is 18.5 Å². The third-order valence-electron chi connectivity index (χ3n) is 5.49. The van der Waals surface area contributed by atoms with Crippen molar-refractivity contribution in [3.05, 3.63) is 71.8 Å². The van der Waals surface area contributed by atoms with E-state index in [4.69, 9.17) is 4.74 Å². The Bertz CT molecular complexity index is 943. The molecular formula is C29H41NOSi. The summed E-state index contributed by atoms with van der Waals surface area (Å²) in [6, 6.07) is 17.4. The molecule has 0 aliphatic heterocycles. The van der Waals surface area contributed by atoms with Gasteiger partial charge in [-0.05, 0) is 63.1 Å². The Morgan fingerprint density at radius 3 is 2.47 bits per heavy atom. The molecule has 0 aliphatic rings. The van der Waals surface area contributed by atoms with Crippen LogP contribution in [0.3, 0.4) is 0 Å². The highest BCUT2D eigenvalue weighted by molar-refractivity contribution is 6.90. The van der Waals surface area contributed by atoms with Crippen molar-refractivity contribution >= 4 is 13.3 Å². The molecule has 0 saturated heterocycles. The van der Waals surface area contributed by atoms with Gasteiger partial charge in [0.2, 0.25) is 0 Å². The first-order valence-electron chi connectivity index (χ1n) is 11.8. The van der Waals surface area contributed by atoms with Gasteiger partial charge in [0.15, 0.2) is 0 Å². The highest BCUT2D eigenvalue weighted by atomic mass is 28.3. The molecular weight excluding hydrogens is 406 g/mol. The van der Waals surface area contributed by atoms with Crippen LogP contribution in [0, 0.1) is 17.3 Å². The molecule has 0 N–H and O–H groups in total. The normalized spacial score (nSPS) is 12.1. The molecule has 3 heteroatoms. The van der Waals surface area contributed by atoms with Crippen LogP contribution in [0.2, 0.25) is 13.1 Å². The molecule has 2 nitrogen and oxygen atoms in total. The van der Waals surface area contributed by atoms with E-state index in [9.17, 15) is 0 Å². The van der Waals surface area contributed by atoms with Crippen LogP contribution in [0.5, 0.6) is 5.75 Å². The van der Waals surface area contributed by atoms with Crippen molar-refractivity contribution in [2.75, 3.05) is 19.3 Å². The van der Waals surface area contributed by atoms with Gasteiger partial charge in [0.05, 0.1) is 6.23 Å². The smallest absolute Gasteiger partial charge is 0.124 e. The number of allylic oxidation sites excluding steroid dienone is 1. The van der Waals surface area contributed by atoms with Crippen LogP contribution in [0.25, 0.3) is 0 Å². The lowest BCUT2D eigenvalue weighted by molar-refractivity contribution is 0.310. The topological polar surface area (TPSA) is 12.5 Å². The molecule has 0 bridgehead atoms.